The minimum atomic E-state index is 0.460. The third kappa shape index (κ3) is 3.72. The first-order chi connectivity index (χ1) is 8.78. The van der Waals surface area contributed by atoms with Crippen LogP contribution in [0.15, 0.2) is 42.6 Å². The molecule has 0 radical (unpaired) electrons. The first-order valence-corrected chi connectivity index (χ1v) is 6.12. The predicted molar refractivity (Wildman–Crippen MR) is 72.8 cm³/mol. The summed E-state index contributed by atoms with van der Waals surface area (Å²) in [5, 5.41) is 3.79. The van der Waals surface area contributed by atoms with E-state index in [4.69, 9.17) is 16.3 Å². The molecule has 1 aromatic heterocycles. The van der Waals surface area contributed by atoms with Crippen LogP contribution in [-0.4, -0.2) is 12.0 Å². The molecule has 1 aromatic carbocycles. The van der Waals surface area contributed by atoms with Crippen molar-refractivity contribution in [2.75, 3.05) is 7.05 Å². The van der Waals surface area contributed by atoms with Crippen molar-refractivity contribution in [1.29, 1.82) is 0 Å². The summed E-state index contributed by atoms with van der Waals surface area (Å²) in [7, 11) is 1.91. The number of benzene rings is 1. The Bertz CT molecular complexity index is 482. The van der Waals surface area contributed by atoms with Crippen molar-refractivity contribution < 1.29 is 4.74 Å². The van der Waals surface area contributed by atoms with E-state index in [1.54, 1.807) is 12.1 Å². The molecule has 0 spiro atoms. The summed E-state index contributed by atoms with van der Waals surface area (Å²) in [4.78, 5) is 4.34. The number of hydrogen-bond acceptors (Lipinski definition) is 3. The maximum absolute atomic E-state index is 5.80. The van der Waals surface area contributed by atoms with E-state index in [-0.39, 0.29) is 0 Å². The van der Waals surface area contributed by atoms with E-state index in [1.165, 1.54) is 0 Å². The van der Waals surface area contributed by atoms with Crippen LogP contribution in [0, 0.1) is 0 Å². The molecule has 0 saturated carbocycles. The largest absolute Gasteiger partial charge is 0.487 e. The second-order valence-electron chi connectivity index (χ2n) is 3.93. The van der Waals surface area contributed by atoms with E-state index in [1.807, 2.05) is 37.5 Å². The molecule has 94 valence electrons. The van der Waals surface area contributed by atoms with Gasteiger partial charge in [0.1, 0.15) is 12.4 Å². The summed E-state index contributed by atoms with van der Waals surface area (Å²) >= 11 is 5.80. The Morgan fingerprint density at radius 3 is 2.56 bits per heavy atom. The Kier molecular flexibility index (Phi) is 4.56. The average molecular weight is 263 g/mol. The molecule has 0 amide bonds. The molecule has 0 atom stereocenters. The highest BCUT2D eigenvalue weighted by Crippen LogP contribution is 2.16. The molecular formula is C14H15ClN2O. The predicted octanol–water partition coefficient (Wildman–Crippen LogP) is 3.03. The molecule has 0 bridgehead atoms. The lowest BCUT2D eigenvalue weighted by molar-refractivity contribution is 0.301. The van der Waals surface area contributed by atoms with Gasteiger partial charge in [0.05, 0.1) is 5.69 Å². The zero-order valence-corrected chi connectivity index (χ0v) is 10.9. The van der Waals surface area contributed by atoms with Crippen molar-refractivity contribution in [3.05, 3.63) is 58.9 Å². The molecule has 1 heterocycles. The summed E-state index contributed by atoms with van der Waals surface area (Å²) in [5.74, 6) is 0.792. The highest BCUT2D eigenvalue weighted by atomic mass is 35.5. The lowest BCUT2D eigenvalue weighted by Gasteiger charge is -2.06. The average Bonchev–Trinajstić information content (AvgIpc) is 2.40. The molecule has 3 nitrogen and oxygen atoms in total. The molecule has 2 rings (SSSR count). The van der Waals surface area contributed by atoms with Gasteiger partial charge in [0.2, 0.25) is 0 Å². The van der Waals surface area contributed by atoms with Crippen LogP contribution >= 0.6 is 11.6 Å². The zero-order chi connectivity index (χ0) is 12.8. The zero-order valence-electron chi connectivity index (χ0n) is 10.2. The fraction of sp³-hybridized carbons (Fsp3) is 0.214. The normalized spacial score (nSPS) is 10.3. The van der Waals surface area contributed by atoms with Crippen LogP contribution in [0.1, 0.15) is 11.3 Å². The number of hydrogen-bond donors (Lipinski definition) is 1. The number of pyridine rings is 1. The first-order valence-electron chi connectivity index (χ1n) is 5.74. The number of rotatable bonds is 5. The third-order valence-corrected chi connectivity index (χ3v) is 2.72. The smallest absolute Gasteiger partial charge is 0.130 e. The van der Waals surface area contributed by atoms with Crippen molar-refractivity contribution in [3.8, 4) is 5.75 Å². The number of aromatic nitrogens is 1. The van der Waals surface area contributed by atoms with Gasteiger partial charge in [0, 0.05) is 17.8 Å². The lowest BCUT2D eigenvalue weighted by atomic mass is 10.2. The number of ether oxygens (including phenoxy) is 1. The van der Waals surface area contributed by atoms with Crippen molar-refractivity contribution in [2.24, 2.45) is 0 Å². The Morgan fingerprint density at radius 2 is 1.94 bits per heavy atom. The summed E-state index contributed by atoms with van der Waals surface area (Å²) in [6, 6.07) is 11.3. The molecular weight excluding hydrogens is 248 g/mol. The fourth-order valence-corrected chi connectivity index (χ4v) is 1.66. The minimum Gasteiger partial charge on any atom is -0.487 e. The molecule has 0 unspecified atom stereocenters. The van der Waals surface area contributed by atoms with Gasteiger partial charge < -0.3 is 10.1 Å². The molecule has 18 heavy (non-hydrogen) atoms. The quantitative estimate of drug-likeness (QED) is 0.899. The lowest BCUT2D eigenvalue weighted by Crippen LogP contribution is -2.06. The molecule has 2 aromatic rings. The van der Waals surface area contributed by atoms with Crippen LogP contribution in [-0.2, 0) is 13.2 Å². The van der Waals surface area contributed by atoms with Gasteiger partial charge in [-0.3, -0.25) is 4.98 Å². The van der Waals surface area contributed by atoms with Crippen molar-refractivity contribution >= 4 is 11.6 Å². The van der Waals surface area contributed by atoms with Crippen LogP contribution in [0.2, 0.25) is 5.02 Å². The molecule has 0 aliphatic heterocycles. The summed E-state index contributed by atoms with van der Waals surface area (Å²) < 4.78 is 5.61. The summed E-state index contributed by atoms with van der Waals surface area (Å²) in [6.45, 7) is 1.28. The Balaban J connectivity index is 1.91. The Morgan fingerprint density at radius 1 is 1.17 bits per heavy atom. The van der Waals surface area contributed by atoms with E-state index in [2.05, 4.69) is 10.3 Å². The monoisotopic (exact) mass is 262 g/mol. The Labute approximate surface area is 112 Å². The maximum atomic E-state index is 5.80. The van der Waals surface area contributed by atoms with Crippen molar-refractivity contribution in [3.63, 3.8) is 0 Å². The van der Waals surface area contributed by atoms with E-state index in [9.17, 15) is 0 Å². The van der Waals surface area contributed by atoms with E-state index >= 15 is 0 Å². The fourth-order valence-electron chi connectivity index (χ4n) is 1.54. The van der Waals surface area contributed by atoms with Gasteiger partial charge >= 0.3 is 0 Å². The number of halogens is 1. The second kappa shape index (κ2) is 6.38. The maximum Gasteiger partial charge on any atom is 0.130 e. The first kappa shape index (κ1) is 12.9. The van der Waals surface area contributed by atoms with Crippen LogP contribution < -0.4 is 10.1 Å². The van der Waals surface area contributed by atoms with Crippen molar-refractivity contribution in [2.45, 2.75) is 13.2 Å². The van der Waals surface area contributed by atoms with Gasteiger partial charge in [-0.15, -0.1) is 0 Å². The molecule has 0 aliphatic rings. The van der Waals surface area contributed by atoms with Gasteiger partial charge in [-0.25, -0.2) is 0 Å². The second-order valence-corrected chi connectivity index (χ2v) is 4.37. The molecule has 0 aliphatic carbocycles. The van der Waals surface area contributed by atoms with E-state index in [0.717, 1.165) is 23.6 Å². The van der Waals surface area contributed by atoms with Gasteiger partial charge in [-0.2, -0.15) is 0 Å². The number of nitrogens with zero attached hydrogens (tertiary/aromatic N) is 1. The third-order valence-electron chi connectivity index (χ3n) is 2.47. The molecule has 4 heteroatoms. The topological polar surface area (TPSA) is 34.1 Å². The highest BCUT2D eigenvalue weighted by molar-refractivity contribution is 6.30. The standard InChI is InChI=1S/C14H15ClN2O/c1-16-8-11-2-5-13(17-9-11)10-18-14-6-3-12(15)4-7-14/h2-7,9,16H,8,10H2,1H3. The van der Waals surface area contributed by atoms with Gasteiger partial charge in [0.15, 0.2) is 0 Å². The van der Waals surface area contributed by atoms with Gasteiger partial charge in [0.25, 0.3) is 0 Å². The van der Waals surface area contributed by atoms with Gasteiger partial charge in [-0.1, -0.05) is 17.7 Å². The van der Waals surface area contributed by atoms with Crippen LogP contribution in [0.3, 0.4) is 0 Å². The van der Waals surface area contributed by atoms with Crippen LogP contribution in [0.4, 0.5) is 0 Å². The molecule has 0 fully saturated rings. The van der Waals surface area contributed by atoms with E-state index in [0.29, 0.717) is 11.6 Å². The van der Waals surface area contributed by atoms with Crippen LogP contribution in [0.25, 0.3) is 0 Å². The van der Waals surface area contributed by atoms with Gasteiger partial charge in [-0.05, 0) is 42.9 Å². The van der Waals surface area contributed by atoms with Crippen LogP contribution in [0.5, 0.6) is 5.75 Å². The molecule has 1 N–H and O–H groups in total. The summed E-state index contributed by atoms with van der Waals surface area (Å²) in [6.07, 6.45) is 1.86. The Hall–Kier alpha value is -1.58. The van der Waals surface area contributed by atoms with E-state index < -0.39 is 0 Å². The highest BCUT2D eigenvalue weighted by Gasteiger charge is 1.98. The minimum absolute atomic E-state index is 0.460. The summed E-state index contributed by atoms with van der Waals surface area (Å²) in [5.41, 5.74) is 2.07. The SMILES string of the molecule is CNCc1ccc(COc2ccc(Cl)cc2)nc1. The number of nitrogens with one attached hydrogen (secondary N) is 1. The van der Waals surface area contributed by atoms with Crippen molar-refractivity contribution in [1.82, 2.24) is 10.3 Å². The molecule has 0 saturated heterocycles.